The third-order valence-corrected chi connectivity index (χ3v) is 11.4. The minimum Gasteiger partial charge on any atom is -0.309 e. The number of para-hydroxylation sites is 1. The second-order valence-electron chi connectivity index (χ2n) is 11.6. The molecule has 0 aliphatic carbocycles. The third-order valence-electron chi connectivity index (χ3n) is 8.97. The molecule has 0 aliphatic rings. The third kappa shape index (κ3) is 4.29. The molecule has 46 heavy (non-hydrogen) atoms. The van der Waals surface area contributed by atoms with Gasteiger partial charge >= 0.3 is 0 Å². The minimum absolute atomic E-state index is 0.836. The van der Waals surface area contributed by atoms with Crippen LogP contribution < -0.4 is 0 Å². The maximum Gasteiger partial charge on any atom is 0.0771 e. The lowest BCUT2D eigenvalue weighted by Crippen LogP contribution is -1.95. The van der Waals surface area contributed by atoms with Crippen LogP contribution in [-0.4, -0.2) is 11.3 Å². The van der Waals surface area contributed by atoms with Crippen molar-refractivity contribution >= 4 is 88.3 Å². The lowest BCUT2D eigenvalue weighted by Gasteiger charge is -2.13. The van der Waals surface area contributed by atoms with Crippen molar-refractivity contribution in [3.63, 3.8) is 0 Å². The van der Waals surface area contributed by atoms with E-state index in [4.69, 9.17) is 0 Å². The molecule has 0 bridgehead atoms. The smallest absolute Gasteiger partial charge is 0.0771 e. The fraction of sp³-hybridized carbons (Fsp3) is 0.0238. The molecule has 0 saturated carbocycles. The molecular formula is C42H28N2S2. The summed E-state index contributed by atoms with van der Waals surface area (Å²) in [5.74, 6) is 0.836. The van der Waals surface area contributed by atoms with Gasteiger partial charge in [-0.3, -0.25) is 4.99 Å². The van der Waals surface area contributed by atoms with Crippen LogP contribution in [0.3, 0.4) is 0 Å². The zero-order valence-corrected chi connectivity index (χ0v) is 26.6. The van der Waals surface area contributed by atoms with Crippen molar-refractivity contribution in [1.29, 1.82) is 0 Å². The first-order valence-corrected chi connectivity index (χ1v) is 17.2. The van der Waals surface area contributed by atoms with Crippen molar-refractivity contribution < 1.29 is 0 Å². The first-order chi connectivity index (χ1) is 22.8. The van der Waals surface area contributed by atoms with Gasteiger partial charge in [-0.1, -0.05) is 115 Å². The summed E-state index contributed by atoms with van der Waals surface area (Å²) in [6.07, 6.45) is 0. The van der Waals surface area contributed by atoms with E-state index in [0.717, 1.165) is 11.4 Å². The standard InChI is InChI=1S/C42H28N2S2/c1-43-36-25-35(28-11-3-2-4-12-28)41-39(34-16-8-10-18-38(34)46-41)42(36)45-26-27-19-22-30(23-20-27)44-37-17-9-7-15-32(37)33-24-21-29-13-5-6-14-31(29)40(33)44/h2-25H,1,26H2. The van der Waals surface area contributed by atoms with Gasteiger partial charge in [0.25, 0.3) is 0 Å². The quantitative estimate of drug-likeness (QED) is 0.133. The maximum absolute atomic E-state index is 4.57. The van der Waals surface area contributed by atoms with Crippen molar-refractivity contribution in [1.82, 2.24) is 4.57 Å². The molecule has 4 heteroatoms. The Hall–Kier alpha value is -5.16. The highest BCUT2D eigenvalue weighted by Gasteiger charge is 2.19. The molecule has 0 spiro atoms. The molecule has 0 N–H and O–H groups in total. The van der Waals surface area contributed by atoms with E-state index in [9.17, 15) is 0 Å². The van der Waals surface area contributed by atoms with Crippen molar-refractivity contribution in [2.75, 3.05) is 0 Å². The van der Waals surface area contributed by atoms with Crippen LogP contribution in [0.2, 0.25) is 0 Å². The van der Waals surface area contributed by atoms with Crippen LogP contribution in [0.1, 0.15) is 5.56 Å². The Morgan fingerprint density at radius 3 is 2.20 bits per heavy atom. The van der Waals surface area contributed by atoms with Gasteiger partial charge in [-0.05, 0) is 53.6 Å². The molecule has 0 unspecified atom stereocenters. The molecule has 0 atom stereocenters. The molecule has 0 saturated heterocycles. The SMILES string of the molecule is C=Nc1cc(-c2ccccc2)c2sc3ccccc3c2c1SCc1ccc(-n2c3ccccc3c3ccc4ccccc4c32)cc1. The number of thioether (sulfide) groups is 1. The Labute approximate surface area is 275 Å². The number of hydrogen-bond acceptors (Lipinski definition) is 3. The summed E-state index contributed by atoms with van der Waals surface area (Å²) in [6, 6.07) is 52.6. The molecule has 9 aromatic rings. The molecule has 218 valence electrons. The highest BCUT2D eigenvalue weighted by atomic mass is 32.2. The van der Waals surface area contributed by atoms with Gasteiger partial charge in [-0.2, -0.15) is 0 Å². The molecule has 0 radical (unpaired) electrons. The van der Waals surface area contributed by atoms with E-state index < -0.39 is 0 Å². The average Bonchev–Trinajstić information content (AvgIpc) is 3.68. The van der Waals surface area contributed by atoms with E-state index >= 15 is 0 Å². The lowest BCUT2D eigenvalue weighted by molar-refractivity contribution is 1.18. The van der Waals surface area contributed by atoms with Crippen LogP contribution in [-0.2, 0) is 5.75 Å². The number of benzene rings is 7. The summed E-state index contributed by atoms with van der Waals surface area (Å²) in [4.78, 5) is 5.76. The molecule has 2 nitrogen and oxygen atoms in total. The molecule has 2 aromatic heterocycles. The molecular weight excluding hydrogens is 597 g/mol. The van der Waals surface area contributed by atoms with Crippen LogP contribution in [0.25, 0.3) is 69.6 Å². The topological polar surface area (TPSA) is 17.3 Å². The Balaban J connectivity index is 1.13. The highest BCUT2D eigenvalue weighted by molar-refractivity contribution is 7.99. The summed E-state index contributed by atoms with van der Waals surface area (Å²) in [5.41, 5.74) is 8.28. The number of hydrogen-bond donors (Lipinski definition) is 0. The molecule has 0 amide bonds. The second kappa shape index (κ2) is 11.0. The van der Waals surface area contributed by atoms with Crippen molar-refractivity contribution in [2.45, 2.75) is 10.6 Å². The normalized spacial score (nSPS) is 11.7. The predicted octanol–water partition coefficient (Wildman–Crippen LogP) is 12.6. The van der Waals surface area contributed by atoms with Crippen LogP contribution in [0, 0.1) is 0 Å². The number of nitrogens with zero attached hydrogens (tertiary/aromatic N) is 2. The molecule has 9 rings (SSSR count). The van der Waals surface area contributed by atoms with Gasteiger partial charge in [-0.25, -0.2) is 0 Å². The lowest BCUT2D eigenvalue weighted by atomic mass is 10.0. The van der Waals surface area contributed by atoms with Gasteiger partial charge in [-0.15, -0.1) is 23.1 Å². The van der Waals surface area contributed by atoms with Crippen LogP contribution in [0.5, 0.6) is 0 Å². The van der Waals surface area contributed by atoms with E-state index in [1.54, 1.807) is 0 Å². The van der Waals surface area contributed by atoms with E-state index in [1.807, 2.05) is 23.1 Å². The van der Waals surface area contributed by atoms with Gasteiger partial charge in [0.1, 0.15) is 0 Å². The van der Waals surface area contributed by atoms with E-state index in [-0.39, 0.29) is 0 Å². The van der Waals surface area contributed by atoms with Crippen LogP contribution in [0.4, 0.5) is 5.69 Å². The first-order valence-electron chi connectivity index (χ1n) is 15.4. The van der Waals surface area contributed by atoms with Crippen molar-refractivity contribution in [3.05, 3.63) is 151 Å². The molecule has 7 aromatic carbocycles. The average molecular weight is 625 g/mol. The summed E-state index contributed by atoms with van der Waals surface area (Å²) in [5, 5.41) is 7.64. The monoisotopic (exact) mass is 624 g/mol. The predicted molar refractivity (Wildman–Crippen MR) is 202 cm³/mol. The number of thiophene rings is 1. The van der Waals surface area contributed by atoms with Crippen molar-refractivity contribution in [2.24, 2.45) is 4.99 Å². The van der Waals surface area contributed by atoms with E-state index in [0.29, 0.717) is 0 Å². The first kappa shape index (κ1) is 27.2. The highest BCUT2D eigenvalue weighted by Crippen LogP contribution is 2.49. The Bertz CT molecular complexity index is 2590. The summed E-state index contributed by atoms with van der Waals surface area (Å²) in [6.45, 7) is 4.00. The van der Waals surface area contributed by atoms with E-state index in [1.165, 1.54) is 80.0 Å². The maximum atomic E-state index is 4.57. The van der Waals surface area contributed by atoms with Gasteiger partial charge in [0, 0.05) is 58.2 Å². The Morgan fingerprint density at radius 1 is 0.652 bits per heavy atom. The van der Waals surface area contributed by atoms with Crippen molar-refractivity contribution in [3.8, 4) is 16.8 Å². The van der Waals surface area contributed by atoms with Crippen LogP contribution in [0.15, 0.2) is 155 Å². The Kier molecular flexibility index (Phi) is 6.51. The molecule has 0 aliphatic heterocycles. The van der Waals surface area contributed by atoms with Gasteiger partial charge in [0.2, 0.25) is 0 Å². The summed E-state index contributed by atoms with van der Waals surface area (Å²) < 4.78 is 5.02. The van der Waals surface area contributed by atoms with Crippen LogP contribution >= 0.6 is 23.1 Å². The largest absolute Gasteiger partial charge is 0.309 e. The molecule has 2 heterocycles. The van der Waals surface area contributed by atoms with E-state index in [2.05, 4.69) is 162 Å². The number of rotatable bonds is 6. The number of aliphatic imine (C=N–C) groups is 1. The number of aromatic nitrogens is 1. The Morgan fingerprint density at radius 2 is 1.37 bits per heavy atom. The second-order valence-corrected chi connectivity index (χ2v) is 13.6. The fourth-order valence-electron chi connectivity index (χ4n) is 6.85. The molecule has 0 fully saturated rings. The summed E-state index contributed by atoms with van der Waals surface area (Å²) >= 11 is 3.72. The summed E-state index contributed by atoms with van der Waals surface area (Å²) in [7, 11) is 0. The van der Waals surface area contributed by atoms with Gasteiger partial charge in [0.15, 0.2) is 0 Å². The minimum atomic E-state index is 0.836. The zero-order valence-electron chi connectivity index (χ0n) is 25.0. The van der Waals surface area contributed by atoms with Gasteiger partial charge in [0.05, 0.1) is 16.7 Å². The fourth-order valence-corrected chi connectivity index (χ4v) is 9.29. The zero-order chi connectivity index (χ0) is 30.6. The number of fused-ring (bicyclic) bond motifs is 8. The van der Waals surface area contributed by atoms with Gasteiger partial charge < -0.3 is 4.57 Å².